The number of aromatic amines is 1. The first-order valence-electron chi connectivity index (χ1n) is 14.8. The first-order chi connectivity index (χ1) is 21.3. The molecule has 45 heavy (non-hydrogen) atoms. The molecule has 1 aliphatic rings. The standard InChI is InChI=1S/C32H39FN4O8/c1-36(2)31(23-6-4-3-5-7-23)13-10-21(11-14-31)20-37(45-28(40)18-32(44,29(41)42)17-27(38)39)30(43)34-15-12-22-19-35-26-9-8-24(33)16-25(22)26/h3-9,16,19,21,35,44H,10-15,17-18,20H2,1-2H3,(H,34,43)(H,38,39)(H,41,42). The summed E-state index contributed by atoms with van der Waals surface area (Å²) in [6, 6.07) is 13.7. The number of halogens is 1. The number of carboxylic acids is 2. The number of carboxylic acid groups (broad SMARTS) is 2. The average Bonchev–Trinajstić information content (AvgIpc) is 3.38. The minimum Gasteiger partial charge on any atom is -0.481 e. The molecular weight excluding hydrogens is 587 g/mol. The SMILES string of the molecule is CN(C)C1(c2ccccc2)CCC(CN(OC(=O)CC(O)(CC(=O)O)C(=O)O)C(=O)NCCc2c[nH]c3ccc(F)cc23)CC1. The largest absolute Gasteiger partial charge is 0.481 e. The van der Waals surface area contributed by atoms with Gasteiger partial charge in [-0.2, -0.15) is 5.06 Å². The number of hydrogen-bond acceptors (Lipinski definition) is 7. The van der Waals surface area contributed by atoms with E-state index in [9.17, 15) is 33.8 Å². The molecule has 242 valence electrons. The van der Waals surface area contributed by atoms with Crippen LogP contribution in [0, 0.1) is 11.7 Å². The monoisotopic (exact) mass is 626 g/mol. The summed E-state index contributed by atoms with van der Waals surface area (Å²) < 4.78 is 13.8. The van der Waals surface area contributed by atoms with Crippen molar-refractivity contribution in [3.8, 4) is 0 Å². The van der Waals surface area contributed by atoms with E-state index in [-0.39, 0.29) is 24.5 Å². The molecule has 1 unspecified atom stereocenters. The van der Waals surface area contributed by atoms with Crippen LogP contribution in [0.25, 0.3) is 10.9 Å². The van der Waals surface area contributed by atoms with Crippen molar-refractivity contribution in [2.24, 2.45) is 5.92 Å². The van der Waals surface area contributed by atoms with Gasteiger partial charge in [-0.05, 0) is 81.4 Å². The van der Waals surface area contributed by atoms with Crippen LogP contribution in [-0.2, 0) is 31.2 Å². The molecule has 12 nitrogen and oxygen atoms in total. The number of hydrogen-bond donors (Lipinski definition) is 5. The Hall–Kier alpha value is -4.49. The minimum absolute atomic E-state index is 0.00139. The van der Waals surface area contributed by atoms with E-state index in [1.807, 2.05) is 32.3 Å². The van der Waals surface area contributed by atoms with E-state index in [4.69, 9.17) is 9.94 Å². The lowest BCUT2D eigenvalue weighted by Gasteiger charge is -2.46. The normalized spacial score (nSPS) is 19.5. The van der Waals surface area contributed by atoms with Crippen LogP contribution in [0.1, 0.15) is 49.7 Å². The molecular formula is C32H39FN4O8. The van der Waals surface area contributed by atoms with Crippen molar-refractivity contribution < 1.29 is 43.7 Å². The quantitative estimate of drug-likeness (QED) is 0.188. The van der Waals surface area contributed by atoms with Gasteiger partial charge in [-0.3, -0.25) is 9.69 Å². The number of fused-ring (bicyclic) bond motifs is 1. The van der Waals surface area contributed by atoms with Gasteiger partial charge in [0.2, 0.25) is 0 Å². The molecule has 4 rings (SSSR count). The smallest absolute Gasteiger partial charge is 0.350 e. The number of carbonyl (C=O) groups excluding carboxylic acids is 2. The maximum absolute atomic E-state index is 13.8. The van der Waals surface area contributed by atoms with Crippen LogP contribution in [0.2, 0.25) is 0 Å². The first-order valence-corrected chi connectivity index (χ1v) is 14.8. The van der Waals surface area contributed by atoms with Gasteiger partial charge in [-0.15, -0.1) is 0 Å². The molecule has 1 aromatic heterocycles. The van der Waals surface area contributed by atoms with E-state index < -0.39 is 48.2 Å². The highest BCUT2D eigenvalue weighted by atomic mass is 19.1. The van der Waals surface area contributed by atoms with Crippen LogP contribution in [0.3, 0.4) is 0 Å². The maximum Gasteiger partial charge on any atom is 0.350 e. The van der Waals surface area contributed by atoms with Crippen LogP contribution >= 0.6 is 0 Å². The van der Waals surface area contributed by atoms with Gasteiger partial charge in [-0.1, -0.05) is 30.3 Å². The van der Waals surface area contributed by atoms with Crippen LogP contribution in [0.15, 0.2) is 54.7 Å². The van der Waals surface area contributed by atoms with Gasteiger partial charge in [0.25, 0.3) is 0 Å². The summed E-state index contributed by atoms with van der Waals surface area (Å²) >= 11 is 0. The lowest BCUT2D eigenvalue weighted by Crippen LogP contribution is -2.49. The maximum atomic E-state index is 13.8. The molecule has 0 spiro atoms. The molecule has 1 atom stereocenters. The Kier molecular flexibility index (Phi) is 10.5. The minimum atomic E-state index is -2.92. The fourth-order valence-corrected chi connectivity index (χ4v) is 6.08. The first kappa shape index (κ1) is 33.4. The zero-order valence-corrected chi connectivity index (χ0v) is 25.3. The lowest BCUT2D eigenvalue weighted by molar-refractivity contribution is -0.190. The van der Waals surface area contributed by atoms with E-state index in [1.54, 1.807) is 12.3 Å². The Morgan fingerprint density at radius 3 is 2.38 bits per heavy atom. The number of urea groups is 1. The van der Waals surface area contributed by atoms with E-state index in [2.05, 4.69) is 27.3 Å². The van der Waals surface area contributed by atoms with Crippen molar-refractivity contribution in [2.45, 2.75) is 56.1 Å². The summed E-state index contributed by atoms with van der Waals surface area (Å²) in [4.78, 5) is 59.4. The number of carbonyl (C=O) groups is 4. The van der Waals surface area contributed by atoms with Crippen molar-refractivity contribution >= 4 is 34.8 Å². The predicted octanol–water partition coefficient (Wildman–Crippen LogP) is 3.65. The Labute approximate surface area is 259 Å². The molecule has 1 aliphatic carbocycles. The number of amides is 2. The predicted molar refractivity (Wildman–Crippen MR) is 161 cm³/mol. The third kappa shape index (κ3) is 7.97. The molecule has 0 radical (unpaired) electrons. The number of nitrogens with one attached hydrogen (secondary N) is 2. The van der Waals surface area contributed by atoms with E-state index in [1.165, 1.54) is 17.7 Å². The number of aliphatic hydroxyl groups is 1. The second-order valence-corrected chi connectivity index (χ2v) is 11.8. The van der Waals surface area contributed by atoms with E-state index in [0.29, 0.717) is 24.6 Å². The van der Waals surface area contributed by atoms with Gasteiger partial charge in [-0.25, -0.2) is 18.8 Å². The zero-order valence-electron chi connectivity index (χ0n) is 25.3. The number of nitrogens with zero attached hydrogens (tertiary/aromatic N) is 2. The van der Waals surface area contributed by atoms with Crippen molar-refractivity contribution in [1.29, 1.82) is 0 Å². The van der Waals surface area contributed by atoms with Crippen molar-refractivity contribution in [3.05, 3.63) is 71.7 Å². The highest BCUT2D eigenvalue weighted by Gasteiger charge is 2.43. The van der Waals surface area contributed by atoms with E-state index in [0.717, 1.165) is 29.0 Å². The summed E-state index contributed by atoms with van der Waals surface area (Å²) in [5.74, 6) is -5.26. The summed E-state index contributed by atoms with van der Waals surface area (Å²) in [5, 5.41) is 32.9. The molecule has 1 fully saturated rings. The van der Waals surface area contributed by atoms with E-state index >= 15 is 0 Å². The second kappa shape index (κ2) is 14.1. The second-order valence-electron chi connectivity index (χ2n) is 11.8. The Morgan fingerprint density at radius 2 is 1.76 bits per heavy atom. The van der Waals surface area contributed by atoms with Gasteiger partial charge in [0, 0.05) is 29.2 Å². The molecule has 5 N–H and O–H groups in total. The van der Waals surface area contributed by atoms with Gasteiger partial charge in [0.05, 0.1) is 19.4 Å². The van der Waals surface area contributed by atoms with Crippen LogP contribution in [0.4, 0.5) is 9.18 Å². The van der Waals surface area contributed by atoms with Gasteiger partial charge >= 0.3 is 23.9 Å². The number of hydroxylamine groups is 2. The summed E-state index contributed by atoms with van der Waals surface area (Å²) in [7, 11) is 4.05. The summed E-state index contributed by atoms with van der Waals surface area (Å²) in [5.41, 5.74) is -0.446. The molecule has 0 bridgehead atoms. The molecule has 1 saturated carbocycles. The number of H-pyrrole nitrogens is 1. The van der Waals surface area contributed by atoms with Crippen molar-refractivity contribution in [3.63, 3.8) is 0 Å². The fraction of sp³-hybridized carbons (Fsp3) is 0.438. The van der Waals surface area contributed by atoms with Crippen molar-refractivity contribution in [2.75, 3.05) is 27.2 Å². The third-order valence-corrected chi connectivity index (χ3v) is 8.64. The van der Waals surface area contributed by atoms with Crippen LogP contribution in [0.5, 0.6) is 0 Å². The number of benzene rings is 2. The molecule has 0 saturated heterocycles. The fourth-order valence-electron chi connectivity index (χ4n) is 6.08. The number of aromatic nitrogens is 1. The molecule has 2 amide bonds. The van der Waals surface area contributed by atoms with Gasteiger partial charge in [0.15, 0.2) is 5.60 Å². The lowest BCUT2D eigenvalue weighted by atomic mass is 9.72. The summed E-state index contributed by atoms with van der Waals surface area (Å²) in [6.07, 6.45) is 2.56. The Morgan fingerprint density at radius 1 is 1.07 bits per heavy atom. The average molecular weight is 627 g/mol. The number of rotatable bonds is 12. The topological polar surface area (TPSA) is 173 Å². The van der Waals surface area contributed by atoms with Crippen molar-refractivity contribution in [1.82, 2.24) is 20.3 Å². The molecule has 1 heterocycles. The summed E-state index contributed by atoms with van der Waals surface area (Å²) in [6.45, 7) is 0.107. The number of aliphatic carboxylic acids is 2. The molecule has 3 aromatic rings. The third-order valence-electron chi connectivity index (χ3n) is 8.64. The van der Waals surface area contributed by atoms with Crippen LogP contribution in [-0.4, -0.2) is 87.0 Å². The molecule has 13 heteroatoms. The molecule has 2 aromatic carbocycles. The highest BCUT2D eigenvalue weighted by Crippen LogP contribution is 2.43. The Bertz CT molecular complexity index is 1520. The van der Waals surface area contributed by atoms with Crippen LogP contribution < -0.4 is 5.32 Å². The van der Waals surface area contributed by atoms with Gasteiger partial charge < -0.3 is 30.5 Å². The molecule has 0 aliphatic heterocycles. The Balaban J connectivity index is 1.46. The zero-order chi connectivity index (χ0) is 32.8. The van der Waals surface area contributed by atoms with Gasteiger partial charge in [0.1, 0.15) is 5.82 Å². The highest BCUT2D eigenvalue weighted by molar-refractivity contribution is 5.89.